The van der Waals surface area contributed by atoms with Gasteiger partial charge in [0, 0.05) is 0 Å². The lowest BCUT2D eigenvalue weighted by Crippen LogP contribution is -2.20. The molecule has 0 aromatic carbocycles. The van der Waals surface area contributed by atoms with E-state index in [1.807, 2.05) is 0 Å². The van der Waals surface area contributed by atoms with Gasteiger partial charge in [-0.05, 0) is 13.3 Å². The highest BCUT2D eigenvalue weighted by Gasteiger charge is 2.01. The summed E-state index contributed by atoms with van der Waals surface area (Å²) in [6, 6.07) is 0. The topological polar surface area (TPSA) is 35.2 Å². The van der Waals surface area contributed by atoms with Crippen LogP contribution in [0.15, 0.2) is 0 Å². The summed E-state index contributed by atoms with van der Waals surface area (Å²) in [5.41, 5.74) is 5.32. The van der Waals surface area contributed by atoms with E-state index in [4.69, 9.17) is 22.7 Å². The average molecular weight is 203 g/mol. The maximum atomic E-state index is 5.42. The van der Waals surface area contributed by atoms with Gasteiger partial charge in [-0.25, -0.2) is 0 Å². The Kier molecular flexibility index (Phi) is 8.35. The fourth-order valence-corrected chi connectivity index (χ4v) is 1.23. The van der Waals surface area contributed by atoms with E-state index in [0.29, 0.717) is 17.7 Å². The van der Waals surface area contributed by atoms with Crippen LogP contribution in [0.1, 0.15) is 46.0 Å². The van der Waals surface area contributed by atoms with Crippen molar-refractivity contribution in [2.45, 2.75) is 52.1 Å². The second kappa shape index (κ2) is 8.45. The Morgan fingerprint density at radius 3 is 2.62 bits per heavy atom. The van der Waals surface area contributed by atoms with Crippen LogP contribution in [0.25, 0.3) is 0 Å². The van der Waals surface area contributed by atoms with Crippen LogP contribution in [-0.2, 0) is 4.74 Å². The fourth-order valence-electron chi connectivity index (χ4n) is 1.17. The van der Waals surface area contributed by atoms with Gasteiger partial charge in [0.2, 0.25) is 0 Å². The number of hydrogen-bond acceptors (Lipinski definition) is 2. The zero-order valence-electron chi connectivity index (χ0n) is 8.71. The molecule has 1 atom stereocenters. The van der Waals surface area contributed by atoms with E-state index in [1.165, 1.54) is 25.7 Å². The molecule has 0 aromatic rings. The van der Waals surface area contributed by atoms with Crippen molar-refractivity contribution in [3.8, 4) is 0 Å². The molecule has 2 N–H and O–H groups in total. The normalized spacial score (nSPS) is 12.8. The molecule has 13 heavy (non-hydrogen) atoms. The summed E-state index contributed by atoms with van der Waals surface area (Å²) in [6.45, 7) is 4.71. The Morgan fingerprint density at radius 1 is 1.38 bits per heavy atom. The first-order chi connectivity index (χ1) is 6.16. The molecule has 0 rings (SSSR count). The number of nitrogens with two attached hydrogens (primary N) is 1. The molecule has 0 amide bonds. The molecule has 0 heterocycles. The quantitative estimate of drug-likeness (QED) is 0.486. The number of thiocarbonyl (C=S) groups is 1. The maximum absolute atomic E-state index is 5.42. The van der Waals surface area contributed by atoms with Crippen molar-refractivity contribution in [1.29, 1.82) is 0 Å². The van der Waals surface area contributed by atoms with Crippen molar-refractivity contribution < 1.29 is 4.74 Å². The predicted octanol–water partition coefficient (Wildman–Crippen LogP) is 2.65. The molecule has 0 aliphatic heterocycles. The monoisotopic (exact) mass is 203 g/mol. The van der Waals surface area contributed by atoms with E-state index in [-0.39, 0.29) is 0 Å². The molecule has 0 aliphatic rings. The van der Waals surface area contributed by atoms with Crippen LogP contribution in [0.5, 0.6) is 0 Å². The smallest absolute Gasteiger partial charge is 0.0989 e. The Bertz CT molecular complexity index is 139. The Morgan fingerprint density at radius 2 is 2.08 bits per heavy atom. The van der Waals surface area contributed by atoms with Crippen LogP contribution >= 0.6 is 12.2 Å². The van der Waals surface area contributed by atoms with Crippen LogP contribution in [-0.4, -0.2) is 17.7 Å². The van der Waals surface area contributed by atoms with Crippen LogP contribution in [0.2, 0.25) is 0 Å². The minimum absolute atomic E-state index is 0.290. The number of hydrogen-bond donors (Lipinski definition) is 1. The largest absolute Gasteiger partial charge is 0.391 e. The maximum Gasteiger partial charge on any atom is 0.0989 e. The van der Waals surface area contributed by atoms with Gasteiger partial charge in [-0.2, -0.15) is 0 Å². The molecule has 0 fully saturated rings. The molecular formula is C10H21NOS. The minimum atomic E-state index is 0.290. The molecule has 2 nitrogen and oxygen atoms in total. The first kappa shape index (κ1) is 12.8. The van der Waals surface area contributed by atoms with Crippen molar-refractivity contribution in [1.82, 2.24) is 0 Å². The Balaban J connectivity index is 3.19. The van der Waals surface area contributed by atoms with Crippen LogP contribution in [0.3, 0.4) is 0 Å². The summed E-state index contributed by atoms with van der Waals surface area (Å²) >= 11 is 4.72. The average Bonchev–Trinajstić information content (AvgIpc) is 2.09. The van der Waals surface area contributed by atoms with Gasteiger partial charge in [0.1, 0.15) is 0 Å². The van der Waals surface area contributed by atoms with Crippen molar-refractivity contribution in [2.24, 2.45) is 5.73 Å². The standard InChI is InChI=1S/C10H21NOS/c1-3-4-5-6-7-9(2)12-8-10(11)13/h9H,3-8H2,1-2H3,(H2,11,13). The minimum Gasteiger partial charge on any atom is -0.391 e. The first-order valence-electron chi connectivity index (χ1n) is 5.06. The third-order valence-corrected chi connectivity index (χ3v) is 2.09. The third-order valence-electron chi connectivity index (χ3n) is 1.97. The van der Waals surface area contributed by atoms with Gasteiger partial charge in [-0.3, -0.25) is 0 Å². The SMILES string of the molecule is CCCCCCC(C)OCC(N)=S. The van der Waals surface area contributed by atoms with Gasteiger partial charge >= 0.3 is 0 Å². The summed E-state index contributed by atoms with van der Waals surface area (Å²) in [5.74, 6) is 0. The molecule has 0 bridgehead atoms. The van der Waals surface area contributed by atoms with E-state index < -0.39 is 0 Å². The van der Waals surface area contributed by atoms with E-state index >= 15 is 0 Å². The molecule has 3 heteroatoms. The molecule has 0 aromatic heterocycles. The van der Waals surface area contributed by atoms with E-state index in [9.17, 15) is 0 Å². The molecular weight excluding hydrogens is 182 g/mol. The zero-order valence-corrected chi connectivity index (χ0v) is 9.53. The predicted molar refractivity (Wildman–Crippen MR) is 61.0 cm³/mol. The Labute approximate surface area is 86.8 Å². The molecule has 0 radical (unpaired) electrons. The lowest BCUT2D eigenvalue weighted by atomic mass is 10.1. The fraction of sp³-hybridized carbons (Fsp3) is 0.900. The number of ether oxygens (including phenoxy) is 1. The summed E-state index contributed by atoms with van der Waals surface area (Å²) in [6.07, 6.45) is 6.55. The van der Waals surface area contributed by atoms with Gasteiger partial charge in [0.25, 0.3) is 0 Å². The highest BCUT2D eigenvalue weighted by molar-refractivity contribution is 7.80. The molecule has 1 unspecified atom stereocenters. The van der Waals surface area contributed by atoms with Crippen LogP contribution in [0, 0.1) is 0 Å². The molecule has 0 saturated heterocycles. The second-order valence-corrected chi connectivity index (χ2v) is 3.96. The van der Waals surface area contributed by atoms with Gasteiger partial charge in [0.05, 0.1) is 17.7 Å². The molecule has 78 valence electrons. The first-order valence-corrected chi connectivity index (χ1v) is 5.47. The Hall–Kier alpha value is -0.150. The molecule has 0 saturated carbocycles. The van der Waals surface area contributed by atoms with Crippen molar-refractivity contribution in [3.63, 3.8) is 0 Å². The van der Waals surface area contributed by atoms with E-state index in [2.05, 4.69) is 13.8 Å². The van der Waals surface area contributed by atoms with Crippen molar-refractivity contribution in [2.75, 3.05) is 6.61 Å². The third kappa shape index (κ3) is 9.77. The second-order valence-electron chi connectivity index (χ2n) is 3.44. The highest BCUT2D eigenvalue weighted by Crippen LogP contribution is 2.07. The van der Waals surface area contributed by atoms with E-state index in [0.717, 1.165) is 6.42 Å². The zero-order chi connectivity index (χ0) is 10.1. The van der Waals surface area contributed by atoms with E-state index in [1.54, 1.807) is 0 Å². The van der Waals surface area contributed by atoms with Crippen LogP contribution < -0.4 is 5.73 Å². The molecule has 0 spiro atoms. The lowest BCUT2D eigenvalue weighted by Gasteiger charge is -2.11. The summed E-state index contributed by atoms with van der Waals surface area (Å²) in [4.78, 5) is 0.445. The van der Waals surface area contributed by atoms with Crippen LogP contribution in [0.4, 0.5) is 0 Å². The lowest BCUT2D eigenvalue weighted by molar-refractivity contribution is 0.0876. The summed E-state index contributed by atoms with van der Waals surface area (Å²) in [7, 11) is 0. The number of unbranched alkanes of at least 4 members (excludes halogenated alkanes) is 3. The number of rotatable bonds is 8. The van der Waals surface area contributed by atoms with Gasteiger partial charge in [0.15, 0.2) is 0 Å². The van der Waals surface area contributed by atoms with Crippen molar-refractivity contribution in [3.05, 3.63) is 0 Å². The molecule has 0 aliphatic carbocycles. The summed E-state index contributed by atoms with van der Waals surface area (Å²) in [5, 5.41) is 0. The summed E-state index contributed by atoms with van der Waals surface area (Å²) < 4.78 is 5.42. The van der Waals surface area contributed by atoms with Crippen molar-refractivity contribution >= 4 is 17.2 Å². The van der Waals surface area contributed by atoms with Gasteiger partial charge in [-0.15, -0.1) is 0 Å². The van der Waals surface area contributed by atoms with Gasteiger partial charge < -0.3 is 10.5 Å². The highest BCUT2D eigenvalue weighted by atomic mass is 32.1. The van der Waals surface area contributed by atoms with Gasteiger partial charge in [-0.1, -0.05) is 44.8 Å².